The standard InChI is InChI=1S/C33H35N7O/c1-5-40-31-26(19-29(32(40)41)28-11-8-25(18-21(28)2)30-22(3)34-14-15-35-30)20-36-33(38-31)37-27-9-6-23(7-10-27)24-12-16-39(4)17-13-24/h6-11,14-15,18-20,24H,5,12-13,16-17H2,1-4H3,(H,36,37,38). The lowest BCUT2D eigenvalue weighted by Gasteiger charge is -2.29. The zero-order chi connectivity index (χ0) is 28.5. The number of rotatable bonds is 6. The Hall–Kier alpha value is -4.43. The summed E-state index contributed by atoms with van der Waals surface area (Å²) >= 11 is 0. The number of anilines is 2. The molecule has 2 aromatic carbocycles. The molecule has 41 heavy (non-hydrogen) atoms. The lowest BCUT2D eigenvalue weighted by Crippen LogP contribution is -2.29. The second-order valence-corrected chi connectivity index (χ2v) is 10.9. The number of pyridine rings is 1. The van der Waals surface area contributed by atoms with Crippen LogP contribution in [-0.4, -0.2) is 49.5 Å². The summed E-state index contributed by atoms with van der Waals surface area (Å²) in [7, 11) is 2.19. The minimum Gasteiger partial charge on any atom is -0.324 e. The van der Waals surface area contributed by atoms with E-state index in [9.17, 15) is 4.79 Å². The van der Waals surface area contributed by atoms with Crippen LogP contribution in [-0.2, 0) is 6.54 Å². The molecule has 1 aliphatic heterocycles. The zero-order valence-corrected chi connectivity index (χ0v) is 24.1. The van der Waals surface area contributed by atoms with Crippen LogP contribution >= 0.6 is 0 Å². The van der Waals surface area contributed by atoms with Gasteiger partial charge in [0.25, 0.3) is 5.56 Å². The Morgan fingerprint density at radius 2 is 1.68 bits per heavy atom. The predicted molar refractivity (Wildman–Crippen MR) is 165 cm³/mol. The molecule has 0 saturated carbocycles. The van der Waals surface area contributed by atoms with Crippen molar-refractivity contribution in [1.82, 2.24) is 29.4 Å². The lowest BCUT2D eigenvalue weighted by molar-refractivity contribution is 0.255. The molecule has 1 saturated heterocycles. The molecule has 8 nitrogen and oxygen atoms in total. The third-order valence-electron chi connectivity index (χ3n) is 8.17. The molecule has 1 fully saturated rings. The highest BCUT2D eigenvalue weighted by molar-refractivity contribution is 5.83. The van der Waals surface area contributed by atoms with E-state index in [1.165, 1.54) is 18.4 Å². The SMILES string of the molecule is CCn1c(=O)c(-c2ccc(-c3nccnc3C)cc2C)cc2cnc(Nc3ccc(C4CCN(C)CC4)cc3)nc21. The van der Waals surface area contributed by atoms with Gasteiger partial charge in [-0.05, 0) is 101 Å². The molecule has 3 aromatic heterocycles. The maximum Gasteiger partial charge on any atom is 0.260 e. The maximum atomic E-state index is 13.7. The fourth-order valence-electron chi connectivity index (χ4n) is 5.82. The van der Waals surface area contributed by atoms with Crippen LogP contribution in [0.4, 0.5) is 11.6 Å². The summed E-state index contributed by atoms with van der Waals surface area (Å²) in [5, 5.41) is 4.15. The van der Waals surface area contributed by atoms with Crippen molar-refractivity contribution in [3.05, 3.63) is 94.3 Å². The number of benzene rings is 2. The summed E-state index contributed by atoms with van der Waals surface area (Å²) in [6.45, 7) is 8.72. The first-order valence-corrected chi connectivity index (χ1v) is 14.3. The van der Waals surface area contributed by atoms with Gasteiger partial charge in [-0.3, -0.25) is 19.3 Å². The normalized spacial score (nSPS) is 14.4. The topological polar surface area (TPSA) is 88.8 Å². The Balaban J connectivity index is 1.29. The van der Waals surface area contributed by atoms with Gasteiger partial charge >= 0.3 is 0 Å². The van der Waals surface area contributed by atoms with Gasteiger partial charge in [-0.25, -0.2) is 4.98 Å². The molecule has 0 unspecified atom stereocenters. The van der Waals surface area contributed by atoms with Gasteiger partial charge in [0.2, 0.25) is 5.95 Å². The van der Waals surface area contributed by atoms with Gasteiger partial charge in [0.1, 0.15) is 5.65 Å². The number of hydrogen-bond acceptors (Lipinski definition) is 7. The summed E-state index contributed by atoms with van der Waals surface area (Å²) in [5.41, 5.74) is 8.06. The minimum atomic E-state index is -0.0707. The monoisotopic (exact) mass is 545 g/mol. The number of piperidine rings is 1. The van der Waals surface area contributed by atoms with Gasteiger partial charge < -0.3 is 10.2 Å². The number of hydrogen-bond donors (Lipinski definition) is 1. The van der Waals surface area contributed by atoms with Crippen molar-refractivity contribution in [2.45, 2.75) is 46.1 Å². The first-order valence-electron chi connectivity index (χ1n) is 14.3. The van der Waals surface area contributed by atoms with Gasteiger partial charge in [-0.15, -0.1) is 0 Å². The van der Waals surface area contributed by atoms with Gasteiger partial charge in [-0.2, -0.15) is 4.98 Å². The molecule has 1 aliphatic rings. The van der Waals surface area contributed by atoms with Crippen LogP contribution in [0.3, 0.4) is 0 Å². The molecule has 4 heterocycles. The van der Waals surface area contributed by atoms with E-state index >= 15 is 0 Å². The minimum absolute atomic E-state index is 0.0707. The highest BCUT2D eigenvalue weighted by Crippen LogP contribution is 2.30. The molecule has 6 rings (SSSR count). The van der Waals surface area contributed by atoms with Gasteiger partial charge in [0.05, 0.1) is 11.4 Å². The Kier molecular flexibility index (Phi) is 7.32. The van der Waals surface area contributed by atoms with Crippen molar-refractivity contribution in [2.75, 3.05) is 25.5 Å². The smallest absolute Gasteiger partial charge is 0.260 e. The first kappa shape index (κ1) is 26.8. The summed E-state index contributed by atoms with van der Waals surface area (Å²) in [6.07, 6.45) is 7.57. The van der Waals surface area contributed by atoms with E-state index in [-0.39, 0.29) is 5.56 Å². The van der Waals surface area contributed by atoms with Gasteiger partial charge in [0, 0.05) is 47.3 Å². The summed E-state index contributed by atoms with van der Waals surface area (Å²) in [5.74, 6) is 1.08. The Bertz CT molecular complexity index is 1770. The molecular formula is C33H35N7O. The number of likely N-dealkylation sites (tertiary alicyclic amines) is 1. The van der Waals surface area contributed by atoms with Gasteiger partial charge in [-0.1, -0.05) is 24.3 Å². The van der Waals surface area contributed by atoms with Crippen molar-refractivity contribution >= 4 is 22.7 Å². The molecule has 0 amide bonds. The molecular weight excluding hydrogens is 510 g/mol. The Labute approximate surface area is 240 Å². The summed E-state index contributed by atoms with van der Waals surface area (Å²) in [6, 6.07) is 16.5. The van der Waals surface area contributed by atoms with Crippen LogP contribution in [0, 0.1) is 13.8 Å². The van der Waals surface area contributed by atoms with Crippen LogP contribution in [0.5, 0.6) is 0 Å². The number of aryl methyl sites for hydroxylation is 3. The number of nitrogens with one attached hydrogen (secondary N) is 1. The lowest BCUT2D eigenvalue weighted by atomic mass is 9.89. The zero-order valence-electron chi connectivity index (χ0n) is 24.1. The van der Waals surface area contributed by atoms with Crippen LogP contribution < -0.4 is 10.9 Å². The molecule has 5 aromatic rings. The molecule has 0 atom stereocenters. The predicted octanol–water partition coefficient (Wildman–Crippen LogP) is 6.11. The van der Waals surface area contributed by atoms with Crippen LogP contribution in [0.2, 0.25) is 0 Å². The van der Waals surface area contributed by atoms with E-state index in [0.717, 1.165) is 52.2 Å². The average Bonchev–Trinajstić information content (AvgIpc) is 2.98. The quantitative estimate of drug-likeness (QED) is 0.276. The second-order valence-electron chi connectivity index (χ2n) is 10.9. The van der Waals surface area contributed by atoms with Gasteiger partial charge in [0.15, 0.2) is 0 Å². The number of aromatic nitrogens is 5. The highest BCUT2D eigenvalue weighted by Gasteiger charge is 2.19. The molecule has 208 valence electrons. The van der Waals surface area contributed by atoms with Crippen LogP contribution in [0.1, 0.15) is 42.5 Å². The third-order valence-corrected chi connectivity index (χ3v) is 8.17. The molecule has 0 spiro atoms. The summed E-state index contributed by atoms with van der Waals surface area (Å²) < 4.78 is 1.72. The molecule has 0 aliphatic carbocycles. The fourth-order valence-corrected chi connectivity index (χ4v) is 5.82. The van der Waals surface area contributed by atoms with E-state index in [2.05, 4.69) is 62.5 Å². The largest absolute Gasteiger partial charge is 0.324 e. The molecule has 1 N–H and O–H groups in total. The molecule has 8 heteroatoms. The summed E-state index contributed by atoms with van der Waals surface area (Å²) in [4.78, 5) is 34.3. The first-order chi connectivity index (χ1) is 19.9. The number of fused-ring (bicyclic) bond motifs is 1. The number of nitrogens with zero attached hydrogens (tertiary/aromatic N) is 6. The third kappa shape index (κ3) is 5.35. The van der Waals surface area contributed by atoms with Crippen molar-refractivity contribution in [3.63, 3.8) is 0 Å². The van der Waals surface area contributed by atoms with Crippen LogP contribution in [0.25, 0.3) is 33.4 Å². The molecule has 0 radical (unpaired) electrons. The highest BCUT2D eigenvalue weighted by atomic mass is 16.1. The average molecular weight is 546 g/mol. The fraction of sp³-hybridized carbons (Fsp3) is 0.303. The van der Waals surface area contributed by atoms with E-state index in [1.54, 1.807) is 23.2 Å². The Morgan fingerprint density at radius 3 is 2.39 bits per heavy atom. The van der Waals surface area contributed by atoms with E-state index in [4.69, 9.17) is 4.98 Å². The van der Waals surface area contributed by atoms with Crippen molar-refractivity contribution in [1.29, 1.82) is 0 Å². The Morgan fingerprint density at radius 1 is 0.927 bits per heavy atom. The second kappa shape index (κ2) is 11.2. The van der Waals surface area contributed by atoms with E-state index in [0.29, 0.717) is 29.6 Å². The van der Waals surface area contributed by atoms with Crippen molar-refractivity contribution in [3.8, 4) is 22.4 Å². The van der Waals surface area contributed by atoms with E-state index in [1.807, 2.05) is 39.0 Å². The maximum absolute atomic E-state index is 13.7. The van der Waals surface area contributed by atoms with E-state index < -0.39 is 0 Å². The van der Waals surface area contributed by atoms with Crippen molar-refractivity contribution < 1.29 is 0 Å². The van der Waals surface area contributed by atoms with Crippen molar-refractivity contribution in [2.24, 2.45) is 0 Å². The van der Waals surface area contributed by atoms with Crippen LogP contribution in [0.15, 0.2) is 71.9 Å². The molecule has 0 bridgehead atoms.